The number of aromatic amines is 1. The number of carbonyl (C=O) groups is 2. The lowest BCUT2D eigenvalue weighted by Crippen LogP contribution is -2.57. The van der Waals surface area contributed by atoms with Gasteiger partial charge in [-0.3, -0.25) is 14.5 Å². The molecule has 35 heavy (non-hydrogen) atoms. The predicted octanol–water partition coefficient (Wildman–Crippen LogP) is 4.55. The van der Waals surface area contributed by atoms with Crippen molar-refractivity contribution in [3.63, 3.8) is 0 Å². The van der Waals surface area contributed by atoms with Crippen molar-refractivity contribution in [2.45, 2.75) is 30.5 Å². The number of furan rings is 1. The van der Waals surface area contributed by atoms with Crippen LogP contribution in [0.3, 0.4) is 0 Å². The number of hydrogen-bond donors (Lipinski definition) is 1. The topological polar surface area (TPSA) is 84.8 Å². The van der Waals surface area contributed by atoms with Crippen LogP contribution in [0.4, 0.5) is 0 Å². The quantitative estimate of drug-likeness (QED) is 0.441. The molecule has 2 aromatic carbocycles. The first kappa shape index (κ1) is 21.7. The molecule has 0 spiro atoms. The number of aromatic nitrogens is 1. The Hall–Kier alpha value is -3.84. The summed E-state index contributed by atoms with van der Waals surface area (Å²) in [7, 11) is 2.80. The molecule has 4 heterocycles. The zero-order valence-corrected chi connectivity index (χ0v) is 19.6. The third-order valence-corrected chi connectivity index (χ3v) is 7.62. The number of para-hydroxylation sites is 1. The highest BCUT2D eigenvalue weighted by atomic mass is 16.5. The number of esters is 2. The van der Waals surface area contributed by atoms with Crippen LogP contribution in [-0.4, -0.2) is 41.6 Å². The zero-order valence-electron chi connectivity index (χ0n) is 19.6. The minimum absolute atomic E-state index is 0.280. The Bertz CT molecular complexity index is 1390. The van der Waals surface area contributed by atoms with E-state index in [1.54, 1.807) is 6.26 Å². The van der Waals surface area contributed by atoms with Crippen molar-refractivity contribution in [3.8, 4) is 0 Å². The molecule has 0 radical (unpaired) electrons. The number of methoxy groups -OCH3 is 2. The molecule has 0 amide bonds. The molecule has 1 fully saturated rings. The van der Waals surface area contributed by atoms with Gasteiger partial charge in [-0.2, -0.15) is 0 Å². The van der Waals surface area contributed by atoms with Gasteiger partial charge in [0.05, 0.1) is 32.4 Å². The molecule has 1 unspecified atom stereocenters. The smallest absolute Gasteiger partial charge is 0.326 e. The van der Waals surface area contributed by atoms with Crippen LogP contribution < -0.4 is 0 Å². The Morgan fingerprint density at radius 3 is 2.49 bits per heavy atom. The van der Waals surface area contributed by atoms with Gasteiger partial charge in [0.25, 0.3) is 0 Å². The number of nitrogens with zero attached hydrogens (tertiary/aromatic N) is 1. The third kappa shape index (κ3) is 3.08. The van der Waals surface area contributed by atoms with Crippen molar-refractivity contribution in [2.75, 3.05) is 14.2 Å². The molecular weight excluding hydrogens is 444 g/mol. The van der Waals surface area contributed by atoms with Gasteiger partial charge in [-0.15, -0.1) is 0 Å². The lowest BCUT2D eigenvalue weighted by Gasteiger charge is -2.46. The van der Waals surface area contributed by atoms with Gasteiger partial charge in [-0.25, -0.2) is 0 Å². The van der Waals surface area contributed by atoms with Crippen LogP contribution in [0.2, 0.25) is 0 Å². The summed E-state index contributed by atoms with van der Waals surface area (Å²) in [4.78, 5) is 32.6. The Morgan fingerprint density at radius 2 is 1.77 bits per heavy atom. The van der Waals surface area contributed by atoms with Gasteiger partial charge in [0.2, 0.25) is 0 Å². The highest BCUT2D eigenvalue weighted by molar-refractivity contribution is 5.90. The van der Waals surface area contributed by atoms with Gasteiger partial charge in [-0.05, 0) is 35.7 Å². The molecule has 2 aliphatic heterocycles. The SMILES string of the molecule is COC(=O)[C@@H]1C[C@@]2(C(=O)OC)Cc3c([nH]c4ccccc34)C(c3ccco3)N2[C@@H]1c1ccccc1. The van der Waals surface area contributed by atoms with Crippen molar-refractivity contribution in [2.24, 2.45) is 5.92 Å². The van der Waals surface area contributed by atoms with Gasteiger partial charge in [0.1, 0.15) is 17.3 Å². The van der Waals surface area contributed by atoms with Gasteiger partial charge in [-0.1, -0.05) is 48.5 Å². The molecule has 0 bridgehead atoms. The molecule has 7 heteroatoms. The van der Waals surface area contributed by atoms with E-state index < -0.39 is 23.5 Å². The van der Waals surface area contributed by atoms with E-state index in [1.807, 2.05) is 60.7 Å². The average Bonchev–Trinajstić information content (AvgIpc) is 3.63. The van der Waals surface area contributed by atoms with Crippen LogP contribution in [0.1, 0.15) is 41.1 Å². The number of ether oxygens (including phenoxy) is 2. The fourth-order valence-corrected chi connectivity index (χ4v) is 6.27. The van der Waals surface area contributed by atoms with E-state index in [1.165, 1.54) is 14.2 Å². The number of H-pyrrole nitrogens is 1. The molecule has 178 valence electrons. The summed E-state index contributed by atoms with van der Waals surface area (Å²) in [6.45, 7) is 0. The standard InChI is InChI=1S/C28H26N2O5/c1-33-26(31)20-16-28(27(32)34-2)15-19-18-11-6-7-12-21(18)29-23(19)25(22-13-8-14-35-22)30(28)24(20)17-9-4-3-5-10-17/h3-14,20,24-25,29H,15-16H2,1-2H3/t20-,24-,25?,28-/m1/s1. The molecule has 7 nitrogen and oxygen atoms in total. The number of nitrogens with one attached hydrogen (secondary N) is 1. The monoisotopic (exact) mass is 470 g/mol. The van der Waals surface area contributed by atoms with E-state index in [2.05, 4.69) is 16.0 Å². The molecule has 2 aliphatic rings. The van der Waals surface area contributed by atoms with Crippen LogP contribution in [0.15, 0.2) is 77.4 Å². The number of carbonyl (C=O) groups excluding carboxylic acids is 2. The second-order valence-corrected chi connectivity index (χ2v) is 9.28. The molecule has 4 atom stereocenters. The highest BCUT2D eigenvalue weighted by Gasteiger charge is 2.64. The maximum absolute atomic E-state index is 13.7. The fourth-order valence-electron chi connectivity index (χ4n) is 6.27. The van der Waals surface area contributed by atoms with Gasteiger partial charge < -0.3 is 18.9 Å². The fraction of sp³-hybridized carbons (Fsp3) is 0.286. The largest absolute Gasteiger partial charge is 0.469 e. The molecule has 1 saturated heterocycles. The van der Waals surface area contributed by atoms with Crippen LogP contribution >= 0.6 is 0 Å². The predicted molar refractivity (Wildman–Crippen MR) is 128 cm³/mol. The maximum Gasteiger partial charge on any atom is 0.326 e. The minimum atomic E-state index is -1.08. The molecule has 1 N–H and O–H groups in total. The van der Waals surface area contributed by atoms with E-state index in [9.17, 15) is 9.59 Å². The molecule has 2 aromatic heterocycles. The van der Waals surface area contributed by atoms with Crippen LogP contribution in [0.25, 0.3) is 10.9 Å². The highest BCUT2D eigenvalue weighted by Crippen LogP contribution is 2.58. The van der Waals surface area contributed by atoms with Crippen molar-refractivity contribution >= 4 is 22.8 Å². The van der Waals surface area contributed by atoms with E-state index in [0.717, 1.165) is 27.7 Å². The summed E-state index contributed by atoms with van der Waals surface area (Å²) in [6.07, 6.45) is 2.33. The molecule has 0 aliphatic carbocycles. The zero-order chi connectivity index (χ0) is 24.2. The maximum atomic E-state index is 13.7. The Kier molecular flexibility index (Phi) is 5.04. The minimum Gasteiger partial charge on any atom is -0.469 e. The average molecular weight is 471 g/mol. The van der Waals surface area contributed by atoms with Gasteiger partial charge >= 0.3 is 11.9 Å². The first-order valence-electron chi connectivity index (χ1n) is 11.7. The van der Waals surface area contributed by atoms with Crippen molar-refractivity contribution in [3.05, 3.63) is 95.6 Å². The van der Waals surface area contributed by atoms with E-state index in [-0.39, 0.29) is 18.4 Å². The first-order chi connectivity index (χ1) is 17.1. The van der Waals surface area contributed by atoms with E-state index >= 15 is 0 Å². The van der Waals surface area contributed by atoms with Crippen LogP contribution in [0.5, 0.6) is 0 Å². The van der Waals surface area contributed by atoms with Gasteiger partial charge in [0.15, 0.2) is 0 Å². The second-order valence-electron chi connectivity index (χ2n) is 9.28. The van der Waals surface area contributed by atoms with Crippen molar-refractivity contribution < 1.29 is 23.5 Å². The summed E-state index contributed by atoms with van der Waals surface area (Å²) in [5.41, 5.74) is 2.86. The van der Waals surface area contributed by atoms with E-state index in [0.29, 0.717) is 12.2 Å². The normalized spacial score (nSPS) is 25.7. The van der Waals surface area contributed by atoms with Gasteiger partial charge in [0, 0.05) is 23.0 Å². The number of hydrogen-bond acceptors (Lipinski definition) is 6. The lowest BCUT2D eigenvalue weighted by atomic mass is 9.79. The van der Waals surface area contributed by atoms with Crippen LogP contribution in [0, 0.1) is 5.92 Å². The summed E-state index contributed by atoms with van der Waals surface area (Å²) in [5.74, 6) is -0.577. The lowest BCUT2D eigenvalue weighted by molar-refractivity contribution is -0.157. The number of benzene rings is 2. The number of rotatable bonds is 4. The third-order valence-electron chi connectivity index (χ3n) is 7.62. The Labute approximate surface area is 202 Å². The summed E-state index contributed by atoms with van der Waals surface area (Å²) >= 11 is 0. The molecule has 0 saturated carbocycles. The Balaban J connectivity index is 1.67. The van der Waals surface area contributed by atoms with Crippen molar-refractivity contribution in [1.82, 2.24) is 9.88 Å². The first-order valence-corrected chi connectivity index (χ1v) is 11.7. The summed E-state index contributed by atoms with van der Waals surface area (Å²) < 4.78 is 16.7. The van der Waals surface area contributed by atoms with E-state index in [4.69, 9.17) is 13.9 Å². The van der Waals surface area contributed by atoms with Crippen molar-refractivity contribution in [1.29, 1.82) is 0 Å². The second kappa shape index (κ2) is 8.13. The van der Waals surface area contributed by atoms with Crippen LogP contribution in [-0.2, 0) is 25.5 Å². The number of fused-ring (bicyclic) bond motifs is 4. The summed E-state index contributed by atoms with van der Waals surface area (Å²) in [6, 6.07) is 20.8. The molecule has 6 rings (SSSR count). The molecular formula is C28H26N2O5. The Morgan fingerprint density at radius 1 is 1.00 bits per heavy atom. The summed E-state index contributed by atoms with van der Waals surface area (Å²) in [5, 5.41) is 1.06. The molecule has 4 aromatic rings.